The van der Waals surface area contributed by atoms with Crippen molar-refractivity contribution in [2.45, 2.75) is 31.3 Å². The monoisotopic (exact) mass is 386 g/mol. The number of benzene rings is 2. The zero-order chi connectivity index (χ0) is 18.1. The third-order valence-electron chi connectivity index (χ3n) is 2.92. The van der Waals surface area contributed by atoms with Gasteiger partial charge in [0.15, 0.2) is 5.78 Å². The average molecular weight is 387 g/mol. The Morgan fingerprint density at radius 2 is 1.71 bits per heavy atom. The Bertz CT molecular complexity index is 884. The van der Waals surface area contributed by atoms with Crippen molar-refractivity contribution in [2.75, 3.05) is 0 Å². The zero-order valence-electron chi connectivity index (χ0n) is 13.3. The van der Waals surface area contributed by atoms with Crippen LogP contribution in [0.1, 0.15) is 36.7 Å². The highest BCUT2D eigenvalue weighted by atomic mass is 35.5. The maximum atomic E-state index is 12.6. The Labute approximate surface area is 151 Å². The van der Waals surface area contributed by atoms with Gasteiger partial charge >= 0.3 is 0 Å². The minimum Gasteiger partial charge on any atom is -0.289 e. The summed E-state index contributed by atoms with van der Waals surface area (Å²) in [6, 6.07) is 10.1. The molecule has 0 spiro atoms. The van der Waals surface area contributed by atoms with Gasteiger partial charge in [0.1, 0.15) is 0 Å². The van der Waals surface area contributed by atoms with Crippen LogP contribution in [0.2, 0.25) is 10.0 Å². The minimum absolute atomic E-state index is 0.0959. The van der Waals surface area contributed by atoms with Crippen LogP contribution in [0.15, 0.2) is 47.4 Å². The lowest BCUT2D eigenvalue weighted by Gasteiger charge is -2.19. The lowest BCUT2D eigenvalue weighted by atomic mass is 10.0. The fourth-order valence-electron chi connectivity index (χ4n) is 2.00. The molecule has 0 saturated heterocycles. The van der Waals surface area contributed by atoms with Gasteiger partial charge in [0, 0.05) is 16.1 Å². The molecule has 2 aromatic carbocycles. The van der Waals surface area contributed by atoms with E-state index in [0.29, 0.717) is 5.02 Å². The van der Waals surface area contributed by atoms with Crippen molar-refractivity contribution in [3.05, 3.63) is 63.6 Å². The Hall–Kier alpha value is -1.40. The lowest BCUT2D eigenvalue weighted by molar-refractivity contribution is 0.103. The maximum absolute atomic E-state index is 12.6. The van der Waals surface area contributed by atoms with Crippen LogP contribution in [-0.2, 0) is 14.3 Å². The van der Waals surface area contributed by atoms with Crippen LogP contribution in [0.4, 0.5) is 0 Å². The third kappa shape index (κ3) is 4.57. The summed E-state index contributed by atoms with van der Waals surface area (Å²) in [5, 5.41) is 0.603. The fraction of sp³-hybridized carbons (Fsp3) is 0.235. The second kappa shape index (κ2) is 6.84. The van der Waals surface area contributed by atoms with Gasteiger partial charge in [-0.25, -0.2) is 0 Å². The van der Waals surface area contributed by atoms with Crippen molar-refractivity contribution in [1.29, 1.82) is 0 Å². The first-order valence-electron chi connectivity index (χ1n) is 7.05. The molecule has 0 fully saturated rings. The number of hydrogen-bond donors (Lipinski definition) is 0. The number of halogens is 2. The van der Waals surface area contributed by atoms with Crippen molar-refractivity contribution in [3.8, 4) is 0 Å². The van der Waals surface area contributed by atoms with Gasteiger partial charge in [0.25, 0.3) is 10.1 Å². The number of carbonyl (C=O) groups is 1. The van der Waals surface area contributed by atoms with Crippen molar-refractivity contribution < 1.29 is 17.4 Å². The number of ketones is 1. The van der Waals surface area contributed by atoms with E-state index >= 15 is 0 Å². The van der Waals surface area contributed by atoms with Gasteiger partial charge < -0.3 is 0 Å². The SMILES string of the molecule is CC(C)(C)OS(=O)(=O)c1cccc(C(=O)c2cc(Cl)ccc2Cl)c1. The maximum Gasteiger partial charge on any atom is 0.297 e. The Balaban J connectivity index is 2.44. The fourth-order valence-corrected chi connectivity index (χ4v) is 3.64. The Kier molecular flexibility index (Phi) is 5.40. The van der Waals surface area contributed by atoms with Crippen molar-refractivity contribution >= 4 is 39.1 Å². The van der Waals surface area contributed by atoms with Crippen LogP contribution < -0.4 is 0 Å². The molecule has 0 atom stereocenters. The molecule has 0 bridgehead atoms. The molecule has 0 saturated carbocycles. The van der Waals surface area contributed by atoms with Crippen LogP contribution in [0.3, 0.4) is 0 Å². The number of carbonyl (C=O) groups excluding carboxylic acids is 1. The van der Waals surface area contributed by atoms with Gasteiger partial charge in [-0.3, -0.25) is 8.98 Å². The number of rotatable bonds is 4. The van der Waals surface area contributed by atoms with Crippen molar-refractivity contribution in [1.82, 2.24) is 0 Å². The standard InChI is InChI=1S/C17H16Cl2O4S/c1-17(2,3)23-24(21,22)13-6-4-5-11(9-13)16(20)14-10-12(18)7-8-15(14)19/h4-10H,1-3H3. The minimum atomic E-state index is -3.99. The second-order valence-corrected chi connectivity index (χ2v) is 8.52. The number of hydrogen-bond acceptors (Lipinski definition) is 4. The molecular weight excluding hydrogens is 371 g/mol. The molecule has 24 heavy (non-hydrogen) atoms. The van der Waals surface area contributed by atoms with Gasteiger partial charge in [0.05, 0.1) is 15.5 Å². The first-order valence-corrected chi connectivity index (χ1v) is 9.21. The van der Waals surface area contributed by atoms with E-state index in [-0.39, 0.29) is 21.0 Å². The normalized spacial score (nSPS) is 12.2. The van der Waals surface area contributed by atoms with Crippen molar-refractivity contribution in [2.24, 2.45) is 0 Å². The topological polar surface area (TPSA) is 60.4 Å². The highest BCUT2D eigenvalue weighted by molar-refractivity contribution is 7.86. The van der Waals surface area contributed by atoms with Gasteiger partial charge in [0.2, 0.25) is 0 Å². The van der Waals surface area contributed by atoms with Crippen molar-refractivity contribution in [3.63, 3.8) is 0 Å². The summed E-state index contributed by atoms with van der Waals surface area (Å²) >= 11 is 11.9. The highest BCUT2D eigenvalue weighted by Crippen LogP contribution is 2.25. The zero-order valence-corrected chi connectivity index (χ0v) is 15.7. The summed E-state index contributed by atoms with van der Waals surface area (Å²) < 4.78 is 29.7. The molecule has 0 aliphatic heterocycles. The van der Waals surface area contributed by atoms with E-state index in [4.69, 9.17) is 27.4 Å². The first-order chi connectivity index (χ1) is 11.0. The van der Waals surface area contributed by atoms with Gasteiger partial charge in [-0.15, -0.1) is 0 Å². The third-order valence-corrected chi connectivity index (χ3v) is 5.03. The van der Waals surface area contributed by atoms with E-state index in [1.165, 1.54) is 36.4 Å². The molecule has 4 nitrogen and oxygen atoms in total. The molecule has 7 heteroatoms. The highest BCUT2D eigenvalue weighted by Gasteiger charge is 2.25. The van der Waals surface area contributed by atoms with Gasteiger partial charge in [-0.05, 0) is 51.1 Å². The Morgan fingerprint density at radius 3 is 2.33 bits per heavy atom. The van der Waals surface area contributed by atoms with E-state index in [2.05, 4.69) is 0 Å². The van der Waals surface area contributed by atoms with Gasteiger partial charge in [-0.1, -0.05) is 35.3 Å². The molecule has 0 aliphatic carbocycles. The predicted molar refractivity (Wildman–Crippen MR) is 94.4 cm³/mol. The summed E-state index contributed by atoms with van der Waals surface area (Å²) in [5.74, 6) is -0.421. The first kappa shape index (κ1) is 18.9. The van der Waals surface area contributed by atoms with E-state index in [0.717, 1.165) is 0 Å². The average Bonchev–Trinajstić information content (AvgIpc) is 2.47. The smallest absolute Gasteiger partial charge is 0.289 e. The van der Waals surface area contributed by atoms with E-state index < -0.39 is 21.5 Å². The summed E-state index contributed by atoms with van der Waals surface area (Å²) in [6.07, 6.45) is 0. The molecule has 0 N–H and O–H groups in total. The molecular formula is C17H16Cl2O4S. The summed E-state index contributed by atoms with van der Waals surface area (Å²) in [7, 11) is -3.99. The molecule has 0 aromatic heterocycles. The second-order valence-electron chi connectivity index (χ2n) is 6.13. The van der Waals surface area contributed by atoms with E-state index in [1.54, 1.807) is 26.8 Å². The summed E-state index contributed by atoms with van der Waals surface area (Å²) in [6.45, 7) is 4.89. The molecule has 0 heterocycles. The Morgan fingerprint density at radius 1 is 1.04 bits per heavy atom. The van der Waals surface area contributed by atoms with Crippen LogP contribution >= 0.6 is 23.2 Å². The van der Waals surface area contributed by atoms with Gasteiger partial charge in [-0.2, -0.15) is 8.42 Å². The van der Waals surface area contributed by atoms with Crippen LogP contribution in [-0.4, -0.2) is 19.8 Å². The molecule has 2 aromatic rings. The summed E-state index contributed by atoms with van der Waals surface area (Å²) in [4.78, 5) is 12.5. The van der Waals surface area contributed by atoms with Crippen LogP contribution in [0.5, 0.6) is 0 Å². The van der Waals surface area contributed by atoms with Crippen LogP contribution in [0, 0.1) is 0 Å². The lowest BCUT2D eigenvalue weighted by Crippen LogP contribution is -2.24. The molecule has 0 amide bonds. The quantitative estimate of drug-likeness (QED) is 0.562. The molecule has 0 radical (unpaired) electrons. The predicted octanol–water partition coefficient (Wildman–Crippen LogP) is 4.73. The molecule has 0 unspecified atom stereocenters. The molecule has 128 valence electrons. The molecule has 2 rings (SSSR count). The molecule has 0 aliphatic rings. The largest absolute Gasteiger partial charge is 0.297 e. The van der Waals surface area contributed by atoms with E-state index in [1.807, 2.05) is 0 Å². The van der Waals surface area contributed by atoms with Crippen LogP contribution in [0.25, 0.3) is 0 Å². The summed E-state index contributed by atoms with van der Waals surface area (Å²) in [5.41, 5.74) is -0.497. The van der Waals surface area contributed by atoms with E-state index in [9.17, 15) is 13.2 Å².